The molecule has 1 atom stereocenters. The first kappa shape index (κ1) is 16.3. The summed E-state index contributed by atoms with van der Waals surface area (Å²) in [6, 6.07) is 0. The Balaban J connectivity index is 5.00. The van der Waals surface area contributed by atoms with Crippen LogP contribution in [0.15, 0.2) is 0 Å². The number of rotatable bonds is 9. The van der Waals surface area contributed by atoms with Crippen LogP contribution in [0.1, 0.15) is 27.2 Å². The first-order chi connectivity index (χ1) is 8.05. The Kier molecular flexibility index (Phi) is 8.04. The third-order valence-electron chi connectivity index (χ3n) is 1.88. The molecule has 0 fully saturated rings. The Bertz CT molecular complexity index is 281. The van der Waals surface area contributed by atoms with E-state index in [-0.39, 0.29) is 26.2 Å². The smallest absolute Gasteiger partial charge is 0.345 e. The van der Waals surface area contributed by atoms with Crippen molar-refractivity contribution >= 4 is 19.9 Å². The van der Waals surface area contributed by atoms with E-state index in [0.717, 1.165) is 0 Å². The maximum Gasteiger partial charge on any atom is 0.345 e. The molecule has 17 heavy (non-hydrogen) atoms. The Morgan fingerprint density at radius 3 is 2.06 bits per heavy atom. The third kappa shape index (κ3) is 4.98. The van der Waals surface area contributed by atoms with Gasteiger partial charge in [0, 0.05) is 6.42 Å². The molecule has 100 valence electrons. The van der Waals surface area contributed by atoms with Crippen molar-refractivity contribution in [3.63, 3.8) is 0 Å². The zero-order valence-corrected chi connectivity index (χ0v) is 11.3. The summed E-state index contributed by atoms with van der Waals surface area (Å²) in [4.78, 5) is 22.2. The maximum atomic E-state index is 12.3. The molecule has 0 heterocycles. The van der Waals surface area contributed by atoms with Gasteiger partial charge in [-0.1, -0.05) is 0 Å². The highest BCUT2D eigenvalue weighted by atomic mass is 31.2. The Morgan fingerprint density at radius 1 is 1.18 bits per heavy atom. The molecule has 0 radical (unpaired) electrons. The van der Waals surface area contributed by atoms with Gasteiger partial charge < -0.3 is 18.6 Å². The number of ether oxygens (including phenoxy) is 1. The van der Waals surface area contributed by atoms with Crippen LogP contribution in [0.5, 0.6) is 0 Å². The molecule has 0 rings (SSSR count). The van der Waals surface area contributed by atoms with Gasteiger partial charge in [-0.2, -0.15) is 0 Å². The molecule has 0 N–H and O–H groups in total. The van der Waals surface area contributed by atoms with Gasteiger partial charge in [-0.25, -0.2) is 0 Å². The molecule has 0 spiro atoms. The standard InChI is InChI=1S/C10H19O6P/c1-4-14-10(12)9(7-8-11)17(13,15-5-2)16-6-3/h8-9H,4-7H2,1-3H3/t9-/m0/s1. The van der Waals surface area contributed by atoms with Crippen LogP contribution in [0.3, 0.4) is 0 Å². The van der Waals surface area contributed by atoms with E-state index in [1.54, 1.807) is 20.8 Å². The van der Waals surface area contributed by atoms with Gasteiger partial charge in [0.05, 0.1) is 19.8 Å². The molecular weight excluding hydrogens is 247 g/mol. The lowest BCUT2D eigenvalue weighted by Crippen LogP contribution is -2.26. The SMILES string of the molecule is CCOC(=O)[C@H](CC=O)P(=O)(OCC)OCC. The minimum atomic E-state index is -3.64. The Labute approximate surface area is 101 Å². The molecule has 0 aromatic heterocycles. The topological polar surface area (TPSA) is 78.9 Å². The van der Waals surface area contributed by atoms with Crippen molar-refractivity contribution in [3.05, 3.63) is 0 Å². The van der Waals surface area contributed by atoms with Crippen molar-refractivity contribution < 1.29 is 27.9 Å². The number of hydrogen-bond acceptors (Lipinski definition) is 6. The number of carbonyl (C=O) groups is 2. The maximum absolute atomic E-state index is 12.3. The lowest BCUT2D eigenvalue weighted by molar-refractivity contribution is -0.143. The average molecular weight is 266 g/mol. The molecule has 6 nitrogen and oxygen atoms in total. The molecule has 0 bridgehead atoms. The molecule has 0 aromatic carbocycles. The minimum Gasteiger partial charge on any atom is -0.465 e. The number of carbonyl (C=O) groups excluding carboxylic acids is 2. The molecule has 0 amide bonds. The van der Waals surface area contributed by atoms with E-state index in [1.807, 2.05) is 0 Å². The van der Waals surface area contributed by atoms with E-state index in [9.17, 15) is 14.2 Å². The van der Waals surface area contributed by atoms with E-state index in [1.165, 1.54) is 0 Å². The van der Waals surface area contributed by atoms with Crippen molar-refractivity contribution in [1.82, 2.24) is 0 Å². The summed E-state index contributed by atoms with van der Waals surface area (Å²) < 4.78 is 27.1. The van der Waals surface area contributed by atoms with Gasteiger partial charge in [0.15, 0.2) is 5.66 Å². The highest BCUT2D eigenvalue weighted by Crippen LogP contribution is 2.54. The third-order valence-corrected chi connectivity index (χ3v) is 4.30. The van der Waals surface area contributed by atoms with E-state index in [0.29, 0.717) is 6.29 Å². The van der Waals surface area contributed by atoms with Crippen LogP contribution in [-0.2, 0) is 27.9 Å². The van der Waals surface area contributed by atoms with E-state index in [4.69, 9.17) is 13.8 Å². The van der Waals surface area contributed by atoms with Crippen molar-refractivity contribution in [3.8, 4) is 0 Å². The molecule has 0 saturated carbocycles. The highest BCUT2D eigenvalue weighted by molar-refractivity contribution is 7.55. The predicted octanol–water partition coefficient (Wildman–Crippen LogP) is 1.77. The van der Waals surface area contributed by atoms with Crippen LogP contribution < -0.4 is 0 Å². The molecule has 0 aliphatic heterocycles. The van der Waals surface area contributed by atoms with Gasteiger partial charge in [0.2, 0.25) is 0 Å². The predicted molar refractivity (Wildman–Crippen MR) is 62.0 cm³/mol. The van der Waals surface area contributed by atoms with Crippen LogP contribution >= 0.6 is 7.60 Å². The highest BCUT2D eigenvalue weighted by Gasteiger charge is 2.41. The van der Waals surface area contributed by atoms with E-state index < -0.39 is 19.2 Å². The molecule has 0 saturated heterocycles. The number of hydrogen-bond donors (Lipinski definition) is 0. The second kappa shape index (κ2) is 8.39. The second-order valence-electron chi connectivity index (χ2n) is 3.05. The first-order valence-corrected chi connectivity index (χ1v) is 7.15. The summed E-state index contributed by atoms with van der Waals surface area (Å²) >= 11 is 0. The number of aldehydes is 1. The van der Waals surface area contributed by atoms with Crippen LogP contribution in [0, 0.1) is 0 Å². The average Bonchev–Trinajstić information content (AvgIpc) is 2.26. The quantitative estimate of drug-likeness (QED) is 0.359. The summed E-state index contributed by atoms with van der Waals surface area (Å²) in [6.07, 6.45) is 0.266. The first-order valence-electron chi connectivity index (χ1n) is 5.54. The van der Waals surface area contributed by atoms with Crippen LogP contribution in [0.4, 0.5) is 0 Å². The van der Waals surface area contributed by atoms with Crippen molar-refractivity contribution in [2.45, 2.75) is 32.9 Å². The summed E-state index contributed by atoms with van der Waals surface area (Å²) in [5.74, 6) is -0.732. The summed E-state index contributed by atoms with van der Waals surface area (Å²) in [5, 5.41) is 0. The number of esters is 1. The molecule has 0 aliphatic rings. The van der Waals surface area contributed by atoms with Gasteiger partial charge in [0.1, 0.15) is 6.29 Å². The van der Waals surface area contributed by atoms with Gasteiger partial charge in [-0.3, -0.25) is 9.36 Å². The molecule has 7 heteroatoms. The summed E-state index contributed by atoms with van der Waals surface area (Å²) in [5.41, 5.74) is -1.18. The lowest BCUT2D eigenvalue weighted by Gasteiger charge is -2.23. The fourth-order valence-corrected chi connectivity index (χ4v) is 3.09. The molecular formula is C10H19O6P. The Morgan fingerprint density at radius 2 is 1.71 bits per heavy atom. The zero-order chi connectivity index (χ0) is 13.3. The van der Waals surface area contributed by atoms with Gasteiger partial charge in [-0.05, 0) is 20.8 Å². The van der Waals surface area contributed by atoms with Crippen molar-refractivity contribution in [2.75, 3.05) is 19.8 Å². The van der Waals surface area contributed by atoms with Gasteiger partial charge >= 0.3 is 13.6 Å². The monoisotopic (exact) mass is 266 g/mol. The summed E-state index contributed by atoms with van der Waals surface area (Å²) in [7, 11) is -3.64. The zero-order valence-electron chi connectivity index (χ0n) is 10.4. The van der Waals surface area contributed by atoms with Gasteiger partial charge in [0.25, 0.3) is 0 Å². The second-order valence-corrected chi connectivity index (χ2v) is 5.27. The Hall–Kier alpha value is -0.710. The summed E-state index contributed by atoms with van der Waals surface area (Å²) in [6.45, 7) is 5.30. The normalized spacial score (nSPS) is 13.1. The lowest BCUT2D eigenvalue weighted by atomic mass is 10.3. The fraction of sp³-hybridized carbons (Fsp3) is 0.800. The van der Waals surface area contributed by atoms with Crippen LogP contribution in [0.25, 0.3) is 0 Å². The fourth-order valence-electron chi connectivity index (χ4n) is 1.26. The van der Waals surface area contributed by atoms with Crippen molar-refractivity contribution in [1.29, 1.82) is 0 Å². The molecule has 0 aromatic rings. The van der Waals surface area contributed by atoms with E-state index in [2.05, 4.69) is 0 Å². The van der Waals surface area contributed by atoms with E-state index >= 15 is 0 Å². The van der Waals surface area contributed by atoms with Crippen LogP contribution in [-0.4, -0.2) is 37.7 Å². The van der Waals surface area contributed by atoms with Crippen molar-refractivity contribution in [2.24, 2.45) is 0 Å². The minimum absolute atomic E-state index is 0.131. The largest absolute Gasteiger partial charge is 0.465 e. The molecule has 0 unspecified atom stereocenters. The van der Waals surface area contributed by atoms with Gasteiger partial charge in [-0.15, -0.1) is 0 Å². The molecule has 0 aliphatic carbocycles. The van der Waals surface area contributed by atoms with Crippen LogP contribution in [0.2, 0.25) is 0 Å².